The molecule has 0 unspecified atom stereocenters. The lowest BCUT2D eigenvalue weighted by Gasteiger charge is -2.14. The molecule has 3 aromatic rings. The molecule has 0 heterocycles. The predicted molar refractivity (Wildman–Crippen MR) is 107 cm³/mol. The number of halogens is 10. The summed E-state index contributed by atoms with van der Waals surface area (Å²) in [7, 11) is 0. The van der Waals surface area contributed by atoms with Crippen molar-refractivity contribution in [2.45, 2.75) is 0 Å². The smallest absolute Gasteiger partial charge is 0.226 e. The molecule has 4 nitrogen and oxygen atoms in total. The topological polar surface area (TPSA) is 56.3 Å². The average molecular weight is 536 g/mol. The minimum atomic E-state index is -2.59. The van der Waals surface area contributed by atoms with Gasteiger partial charge in [-0.25, -0.2) is 64.1 Å². The molecule has 0 aliphatic heterocycles. The number of benzene rings is 3. The SMILES string of the molecule is [C-]#[N+]/C(C#N)=c1/cc(-c2c(F)c(F)c(F)c(F)c2F)/c(=C(\C#N)[N+]#[C-])cc1-c1c(F)c(F)c(F)c(F)c1F. The number of hydrogen-bond acceptors (Lipinski definition) is 2. The molecule has 3 rings (SSSR count). The second kappa shape index (κ2) is 9.96. The summed E-state index contributed by atoms with van der Waals surface area (Å²) in [6.07, 6.45) is 0. The standard InChI is InChI=1S/C24H2F10N4/c1-37-11(5-35)7-3-10(14-17(27)21(31)24(34)22(32)18(14)28)8(12(6-36)38-2)4-9(7)13-15(25)19(29)23(33)20(30)16(13)26/h3-4H/b11-7-,12-8+. The van der Waals surface area contributed by atoms with E-state index in [1.807, 2.05) is 0 Å². The first-order chi connectivity index (χ1) is 17.9. The highest BCUT2D eigenvalue weighted by Gasteiger charge is 2.30. The summed E-state index contributed by atoms with van der Waals surface area (Å²) in [5.41, 5.74) is -8.35. The van der Waals surface area contributed by atoms with Gasteiger partial charge in [0.25, 0.3) is 11.4 Å². The molecule has 0 saturated heterocycles. The van der Waals surface area contributed by atoms with Crippen molar-refractivity contribution in [2.75, 3.05) is 0 Å². The molecule has 14 heteroatoms. The maximum Gasteiger partial charge on any atom is 0.269 e. The van der Waals surface area contributed by atoms with E-state index < -0.39 is 102 Å². The Morgan fingerprint density at radius 2 is 0.737 bits per heavy atom. The monoisotopic (exact) mass is 536 g/mol. The average Bonchev–Trinajstić information content (AvgIpc) is 2.91. The molecule has 0 atom stereocenters. The van der Waals surface area contributed by atoms with E-state index in [2.05, 4.69) is 9.69 Å². The summed E-state index contributed by atoms with van der Waals surface area (Å²) >= 11 is 0. The Kier molecular flexibility index (Phi) is 7.14. The lowest BCUT2D eigenvalue weighted by molar-refractivity contribution is 0.381. The van der Waals surface area contributed by atoms with Crippen LogP contribution < -0.4 is 10.4 Å². The van der Waals surface area contributed by atoms with Crippen molar-refractivity contribution in [3.05, 3.63) is 104 Å². The van der Waals surface area contributed by atoms with E-state index in [-0.39, 0.29) is 12.1 Å². The normalized spacial score (nSPS) is 12.2. The highest BCUT2D eigenvalue weighted by molar-refractivity contribution is 5.82. The fourth-order valence-electron chi connectivity index (χ4n) is 3.38. The molecule has 188 valence electrons. The van der Waals surface area contributed by atoms with Gasteiger partial charge < -0.3 is 0 Å². The minimum Gasteiger partial charge on any atom is -0.226 e. The largest absolute Gasteiger partial charge is 0.269 e. The molecule has 0 spiro atoms. The van der Waals surface area contributed by atoms with Crippen molar-refractivity contribution in [2.24, 2.45) is 0 Å². The molecule has 0 radical (unpaired) electrons. The summed E-state index contributed by atoms with van der Waals surface area (Å²) < 4.78 is 142. The van der Waals surface area contributed by atoms with Crippen LogP contribution in [-0.4, -0.2) is 0 Å². The molecule has 0 aliphatic carbocycles. The van der Waals surface area contributed by atoms with Crippen LogP contribution in [0.2, 0.25) is 0 Å². The van der Waals surface area contributed by atoms with Gasteiger partial charge >= 0.3 is 0 Å². The molecule has 3 aromatic carbocycles. The van der Waals surface area contributed by atoms with Gasteiger partial charge in [-0.15, -0.1) is 0 Å². The summed E-state index contributed by atoms with van der Waals surface area (Å²) in [6, 6.07) is 2.90. The van der Waals surface area contributed by atoms with Crippen molar-refractivity contribution >= 4 is 11.4 Å². The molecule has 0 N–H and O–H groups in total. The van der Waals surface area contributed by atoms with Crippen LogP contribution >= 0.6 is 0 Å². The van der Waals surface area contributed by atoms with Gasteiger partial charge in [0.1, 0.15) is 0 Å². The van der Waals surface area contributed by atoms with Crippen LogP contribution in [0.4, 0.5) is 43.9 Å². The Labute approximate surface area is 204 Å². The van der Waals surface area contributed by atoms with E-state index in [0.717, 1.165) is 0 Å². The van der Waals surface area contributed by atoms with Gasteiger partial charge in [-0.05, 0) is 11.1 Å². The first kappa shape index (κ1) is 27.3. The Morgan fingerprint density at radius 3 is 0.947 bits per heavy atom. The van der Waals surface area contributed by atoms with Gasteiger partial charge in [0.15, 0.2) is 46.5 Å². The number of nitriles is 2. The van der Waals surface area contributed by atoms with Gasteiger partial charge in [0, 0.05) is 10.4 Å². The van der Waals surface area contributed by atoms with E-state index in [4.69, 9.17) is 13.1 Å². The van der Waals surface area contributed by atoms with Crippen molar-refractivity contribution < 1.29 is 43.9 Å². The van der Waals surface area contributed by atoms with Gasteiger partial charge in [0.05, 0.1) is 36.4 Å². The second-order valence-corrected chi connectivity index (χ2v) is 6.98. The number of hydrogen-bond donors (Lipinski definition) is 0. The fourth-order valence-corrected chi connectivity index (χ4v) is 3.38. The fraction of sp³-hybridized carbons (Fsp3) is 0. The molecular formula is C24H2F10N4. The van der Waals surface area contributed by atoms with E-state index >= 15 is 0 Å². The van der Waals surface area contributed by atoms with E-state index in [1.54, 1.807) is 0 Å². The highest BCUT2D eigenvalue weighted by atomic mass is 19.2. The third-order valence-corrected chi connectivity index (χ3v) is 5.06. The Morgan fingerprint density at radius 1 is 0.500 bits per heavy atom. The van der Waals surface area contributed by atoms with Crippen LogP contribution in [0.1, 0.15) is 0 Å². The van der Waals surface area contributed by atoms with Crippen LogP contribution in [0.15, 0.2) is 12.1 Å². The quantitative estimate of drug-likeness (QED) is 0.188. The molecule has 0 aliphatic rings. The molecule has 38 heavy (non-hydrogen) atoms. The summed E-state index contributed by atoms with van der Waals surface area (Å²) in [5, 5.41) is 16.4. The van der Waals surface area contributed by atoms with Crippen LogP contribution in [0.3, 0.4) is 0 Å². The van der Waals surface area contributed by atoms with Gasteiger partial charge in [-0.2, -0.15) is 0 Å². The van der Waals surface area contributed by atoms with Crippen LogP contribution in [0.5, 0.6) is 0 Å². The Balaban J connectivity index is 2.83. The maximum absolute atomic E-state index is 14.7. The lowest BCUT2D eigenvalue weighted by Crippen LogP contribution is -2.22. The zero-order chi connectivity index (χ0) is 28.6. The Bertz CT molecular complexity index is 1640. The van der Waals surface area contributed by atoms with Crippen molar-refractivity contribution in [1.82, 2.24) is 0 Å². The zero-order valence-electron chi connectivity index (χ0n) is 17.7. The summed E-state index contributed by atoms with van der Waals surface area (Å²) in [5.74, 6) is -25.1. The molecule has 0 aromatic heterocycles. The van der Waals surface area contributed by atoms with Crippen molar-refractivity contribution in [3.8, 4) is 34.4 Å². The second-order valence-electron chi connectivity index (χ2n) is 6.98. The zero-order valence-corrected chi connectivity index (χ0v) is 17.7. The number of nitrogens with zero attached hydrogens (tertiary/aromatic N) is 4. The van der Waals surface area contributed by atoms with Crippen LogP contribution in [0, 0.1) is 94.0 Å². The number of rotatable bonds is 2. The molecule has 0 bridgehead atoms. The van der Waals surface area contributed by atoms with Gasteiger partial charge in [-0.3, -0.25) is 0 Å². The van der Waals surface area contributed by atoms with E-state index in [9.17, 15) is 54.4 Å². The lowest BCUT2D eigenvalue weighted by atomic mass is 9.92. The van der Waals surface area contributed by atoms with Crippen molar-refractivity contribution in [1.29, 1.82) is 10.5 Å². The third kappa shape index (κ3) is 3.95. The third-order valence-electron chi connectivity index (χ3n) is 5.06. The van der Waals surface area contributed by atoms with Gasteiger partial charge in [-0.1, -0.05) is 12.1 Å². The summed E-state index contributed by atoms with van der Waals surface area (Å²) in [6.45, 7) is 14.2. The molecule has 0 amide bonds. The van der Waals surface area contributed by atoms with Crippen LogP contribution in [0.25, 0.3) is 43.3 Å². The van der Waals surface area contributed by atoms with Crippen LogP contribution in [-0.2, 0) is 0 Å². The molecule has 0 fully saturated rings. The summed E-state index contributed by atoms with van der Waals surface area (Å²) in [4.78, 5) is 5.40. The predicted octanol–water partition coefficient (Wildman–Crippen LogP) is 5.51. The Hall–Kier alpha value is -5.34. The van der Waals surface area contributed by atoms with Crippen molar-refractivity contribution in [3.63, 3.8) is 0 Å². The minimum absolute atomic E-state index is 0.250. The first-order valence-electron chi connectivity index (χ1n) is 9.39. The maximum atomic E-state index is 14.7. The molecular weight excluding hydrogens is 534 g/mol. The first-order valence-corrected chi connectivity index (χ1v) is 9.39. The van der Waals surface area contributed by atoms with Gasteiger partial charge in [0.2, 0.25) is 11.6 Å². The van der Waals surface area contributed by atoms with E-state index in [1.165, 1.54) is 12.1 Å². The van der Waals surface area contributed by atoms with E-state index in [0.29, 0.717) is 0 Å². The molecule has 0 saturated carbocycles. The highest BCUT2D eigenvalue weighted by Crippen LogP contribution is 2.33.